The molecule has 3 nitrogen and oxygen atoms in total. The van der Waals surface area contributed by atoms with E-state index in [9.17, 15) is 4.39 Å². The topological polar surface area (TPSA) is 33.3 Å². The van der Waals surface area contributed by atoms with Gasteiger partial charge in [0.05, 0.1) is 18.5 Å². The van der Waals surface area contributed by atoms with Gasteiger partial charge in [-0.2, -0.15) is 0 Å². The predicted octanol–water partition coefficient (Wildman–Crippen LogP) is 2.98. The molecule has 0 atom stereocenters. The molecule has 4 heteroatoms. The lowest BCUT2D eigenvalue weighted by Gasteiger charge is -2.42. The van der Waals surface area contributed by atoms with Crippen LogP contribution in [0, 0.1) is 5.82 Å². The van der Waals surface area contributed by atoms with Crippen LogP contribution in [0.15, 0.2) is 12.1 Å². The van der Waals surface area contributed by atoms with Crippen LogP contribution in [0.3, 0.4) is 0 Å². The molecule has 1 aliphatic heterocycles. The third-order valence-electron chi connectivity index (χ3n) is 3.92. The van der Waals surface area contributed by atoms with Gasteiger partial charge < -0.3 is 15.4 Å². The van der Waals surface area contributed by atoms with Crippen molar-refractivity contribution in [2.45, 2.75) is 31.2 Å². The fraction of sp³-hybridized carbons (Fsp3) is 0.538. The summed E-state index contributed by atoms with van der Waals surface area (Å²) in [6.45, 7) is 0.895. The largest absolute Gasteiger partial charge is 0.494 e. The SMILES string of the molecule is COc1cc2c(cc1F)NCCC1(CCC1)N2. The van der Waals surface area contributed by atoms with Gasteiger partial charge in [-0.05, 0) is 25.7 Å². The van der Waals surface area contributed by atoms with Crippen molar-refractivity contribution in [1.29, 1.82) is 0 Å². The molecule has 1 saturated carbocycles. The van der Waals surface area contributed by atoms with E-state index < -0.39 is 0 Å². The normalized spacial score (nSPS) is 20.6. The minimum atomic E-state index is -0.315. The first-order valence-corrected chi connectivity index (χ1v) is 6.12. The average molecular weight is 236 g/mol. The summed E-state index contributed by atoms with van der Waals surface area (Å²) < 4.78 is 18.6. The summed E-state index contributed by atoms with van der Waals surface area (Å²) in [4.78, 5) is 0. The van der Waals surface area contributed by atoms with E-state index in [0.29, 0.717) is 5.75 Å². The summed E-state index contributed by atoms with van der Waals surface area (Å²) >= 11 is 0. The third kappa shape index (κ3) is 1.72. The maximum absolute atomic E-state index is 13.6. The lowest BCUT2D eigenvalue weighted by molar-refractivity contribution is 0.268. The molecule has 0 saturated heterocycles. The van der Waals surface area contributed by atoms with Crippen molar-refractivity contribution in [1.82, 2.24) is 0 Å². The van der Waals surface area contributed by atoms with Gasteiger partial charge in [-0.15, -0.1) is 0 Å². The lowest BCUT2D eigenvalue weighted by atomic mass is 9.74. The van der Waals surface area contributed by atoms with E-state index in [2.05, 4.69) is 10.6 Å². The quantitative estimate of drug-likeness (QED) is 0.786. The Balaban J connectivity index is 1.98. The van der Waals surface area contributed by atoms with Crippen molar-refractivity contribution in [3.63, 3.8) is 0 Å². The number of hydrogen-bond donors (Lipinski definition) is 2. The molecular weight excluding hydrogens is 219 g/mol. The fourth-order valence-electron chi connectivity index (χ4n) is 2.72. The Morgan fingerprint density at radius 2 is 2.06 bits per heavy atom. The second-order valence-electron chi connectivity index (χ2n) is 4.97. The highest BCUT2D eigenvalue weighted by Crippen LogP contribution is 2.43. The van der Waals surface area contributed by atoms with Crippen LogP contribution in [0.2, 0.25) is 0 Å². The molecular formula is C13H17FN2O. The van der Waals surface area contributed by atoms with Crippen molar-refractivity contribution >= 4 is 11.4 Å². The van der Waals surface area contributed by atoms with E-state index in [-0.39, 0.29) is 11.4 Å². The van der Waals surface area contributed by atoms with Crippen LogP contribution in [0.4, 0.5) is 15.8 Å². The van der Waals surface area contributed by atoms with Crippen molar-refractivity contribution < 1.29 is 9.13 Å². The molecule has 1 fully saturated rings. The highest BCUT2D eigenvalue weighted by molar-refractivity contribution is 5.73. The molecule has 92 valence electrons. The predicted molar refractivity (Wildman–Crippen MR) is 66.3 cm³/mol. The Hall–Kier alpha value is -1.45. The molecule has 1 aromatic rings. The molecule has 0 bridgehead atoms. The first-order valence-electron chi connectivity index (χ1n) is 6.12. The Bertz CT molecular complexity index is 443. The van der Waals surface area contributed by atoms with E-state index in [0.717, 1.165) is 24.3 Å². The maximum atomic E-state index is 13.6. The van der Waals surface area contributed by atoms with E-state index in [1.807, 2.05) is 0 Å². The van der Waals surface area contributed by atoms with E-state index >= 15 is 0 Å². The molecule has 2 N–H and O–H groups in total. The molecule has 1 aromatic carbocycles. The molecule has 0 aromatic heterocycles. The van der Waals surface area contributed by atoms with Crippen LogP contribution in [0.5, 0.6) is 5.75 Å². The minimum absolute atomic E-state index is 0.223. The highest BCUT2D eigenvalue weighted by atomic mass is 19.1. The zero-order valence-electron chi connectivity index (χ0n) is 9.98. The summed E-state index contributed by atoms with van der Waals surface area (Å²) in [5.74, 6) is -0.0143. The van der Waals surface area contributed by atoms with Gasteiger partial charge >= 0.3 is 0 Å². The molecule has 2 aliphatic rings. The first kappa shape index (κ1) is 10.7. The highest BCUT2D eigenvalue weighted by Gasteiger charge is 2.38. The van der Waals surface area contributed by atoms with Crippen LogP contribution < -0.4 is 15.4 Å². The van der Waals surface area contributed by atoms with Gasteiger partial charge in [0.25, 0.3) is 0 Å². The maximum Gasteiger partial charge on any atom is 0.167 e. The first-order chi connectivity index (χ1) is 8.22. The number of fused-ring (bicyclic) bond motifs is 1. The summed E-state index contributed by atoms with van der Waals surface area (Å²) in [6.07, 6.45) is 4.77. The lowest BCUT2D eigenvalue weighted by Crippen LogP contribution is -2.45. The van der Waals surface area contributed by atoms with Gasteiger partial charge in [0.1, 0.15) is 0 Å². The van der Waals surface area contributed by atoms with Crippen molar-refractivity contribution in [2.75, 3.05) is 24.3 Å². The number of hydrogen-bond acceptors (Lipinski definition) is 3. The molecule has 0 amide bonds. The third-order valence-corrected chi connectivity index (χ3v) is 3.92. The number of nitrogens with one attached hydrogen (secondary N) is 2. The van der Waals surface area contributed by atoms with Crippen LogP contribution in [0.25, 0.3) is 0 Å². The number of rotatable bonds is 1. The van der Waals surface area contributed by atoms with Crippen LogP contribution in [-0.2, 0) is 0 Å². The Morgan fingerprint density at radius 3 is 2.71 bits per heavy atom. The van der Waals surface area contributed by atoms with Crippen LogP contribution in [0.1, 0.15) is 25.7 Å². The number of benzene rings is 1. The second-order valence-corrected chi connectivity index (χ2v) is 4.97. The van der Waals surface area contributed by atoms with Gasteiger partial charge in [0.15, 0.2) is 11.6 Å². The Labute approximate surface area is 100 Å². The van der Waals surface area contributed by atoms with Gasteiger partial charge in [-0.1, -0.05) is 0 Å². The van der Waals surface area contributed by atoms with Crippen molar-refractivity contribution in [3.05, 3.63) is 17.9 Å². The zero-order chi connectivity index (χ0) is 11.9. The summed E-state index contributed by atoms with van der Waals surface area (Å²) in [7, 11) is 1.49. The zero-order valence-corrected chi connectivity index (χ0v) is 9.98. The summed E-state index contributed by atoms with van der Waals surface area (Å²) in [6, 6.07) is 3.27. The van der Waals surface area contributed by atoms with Gasteiger partial charge in [0.2, 0.25) is 0 Å². The van der Waals surface area contributed by atoms with Crippen molar-refractivity contribution in [2.24, 2.45) is 0 Å². The minimum Gasteiger partial charge on any atom is -0.494 e. The number of methoxy groups -OCH3 is 1. The van der Waals surface area contributed by atoms with Crippen LogP contribution >= 0.6 is 0 Å². The molecule has 3 rings (SSSR count). The van der Waals surface area contributed by atoms with Gasteiger partial charge in [-0.3, -0.25) is 0 Å². The second kappa shape index (κ2) is 3.79. The van der Waals surface area contributed by atoms with E-state index in [1.54, 1.807) is 6.07 Å². The smallest absolute Gasteiger partial charge is 0.167 e. The number of ether oxygens (including phenoxy) is 1. The summed E-state index contributed by atoms with van der Waals surface area (Å²) in [5.41, 5.74) is 2.02. The standard InChI is InChI=1S/C13H17FN2O/c1-17-12-8-11-10(7-9(12)14)15-6-5-13(16-11)3-2-4-13/h7-8,15-16H,2-6H2,1H3. The monoisotopic (exact) mass is 236 g/mol. The van der Waals surface area contributed by atoms with Crippen LogP contribution in [-0.4, -0.2) is 19.2 Å². The molecule has 1 heterocycles. The molecule has 1 aliphatic carbocycles. The Kier molecular flexibility index (Phi) is 2.38. The van der Waals surface area contributed by atoms with Gasteiger partial charge in [-0.25, -0.2) is 4.39 Å². The number of anilines is 2. The molecule has 1 spiro atoms. The average Bonchev–Trinajstić information content (AvgIpc) is 2.46. The van der Waals surface area contributed by atoms with E-state index in [4.69, 9.17) is 4.74 Å². The summed E-state index contributed by atoms with van der Waals surface area (Å²) in [5, 5.41) is 6.85. The fourth-order valence-corrected chi connectivity index (χ4v) is 2.72. The van der Waals surface area contributed by atoms with E-state index in [1.165, 1.54) is 32.4 Å². The Morgan fingerprint density at radius 1 is 1.24 bits per heavy atom. The molecule has 0 unspecified atom stereocenters. The number of halogens is 1. The molecule has 17 heavy (non-hydrogen) atoms. The van der Waals surface area contributed by atoms with Gasteiger partial charge in [0, 0.05) is 24.2 Å². The van der Waals surface area contributed by atoms with Crippen molar-refractivity contribution in [3.8, 4) is 5.75 Å². The molecule has 0 radical (unpaired) electrons.